The second-order valence-electron chi connectivity index (χ2n) is 4.54. The summed E-state index contributed by atoms with van der Waals surface area (Å²) >= 11 is 0.310. The van der Waals surface area contributed by atoms with Crippen LogP contribution in [0, 0.1) is 5.41 Å². The predicted octanol–water partition coefficient (Wildman–Crippen LogP) is 5.19. The topological polar surface area (TPSA) is 12.4 Å². The van der Waals surface area contributed by atoms with Crippen molar-refractivity contribution in [2.75, 3.05) is 6.54 Å². The highest BCUT2D eigenvalue weighted by atomic mass is 32.2. The van der Waals surface area contributed by atoms with Crippen LogP contribution >= 0.6 is 12.1 Å². The van der Waals surface area contributed by atoms with Crippen molar-refractivity contribution in [2.24, 2.45) is 10.4 Å². The first-order valence-electron chi connectivity index (χ1n) is 6.01. The van der Waals surface area contributed by atoms with E-state index in [4.69, 9.17) is 0 Å². The quantitative estimate of drug-likeness (QED) is 0.563. The van der Waals surface area contributed by atoms with Crippen LogP contribution in [-0.2, 0) is 0 Å². The lowest BCUT2D eigenvalue weighted by Gasteiger charge is -2.27. The maximum atomic E-state index is 12.8. The molecule has 0 unspecified atom stereocenters. The van der Waals surface area contributed by atoms with Crippen molar-refractivity contribution in [3.8, 4) is 0 Å². The summed E-state index contributed by atoms with van der Waals surface area (Å²) < 4.78 is 12.8. The van der Waals surface area contributed by atoms with E-state index < -0.39 is 0 Å². The fourth-order valence-electron chi connectivity index (χ4n) is 1.60. The average molecular weight is 245 g/mol. The van der Waals surface area contributed by atoms with Gasteiger partial charge in [0.15, 0.2) is 0 Å². The van der Waals surface area contributed by atoms with E-state index in [1.165, 1.54) is 0 Å². The van der Waals surface area contributed by atoms with Crippen molar-refractivity contribution in [3.63, 3.8) is 0 Å². The van der Waals surface area contributed by atoms with E-state index in [9.17, 15) is 3.89 Å². The summed E-state index contributed by atoms with van der Waals surface area (Å²) in [5.41, 5.74) is 1.39. The Labute approximate surface area is 104 Å². The van der Waals surface area contributed by atoms with E-state index in [-0.39, 0.29) is 5.41 Å². The molecule has 0 rings (SSSR count). The first-order chi connectivity index (χ1) is 7.52. The minimum atomic E-state index is 0.283. The molecular weight excluding hydrogens is 221 g/mol. The molecule has 94 valence electrons. The summed E-state index contributed by atoms with van der Waals surface area (Å²) in [5, 5.41) is 0. The lowest BCUT2D eigenvalue weighted by atomic mass is 9.79. The molecule has 0 fully saturated rings. The third kappa shape index (κ3) is 5.15. The Balaban J connectivity index is 4.77. The van der Waals surface area contributed by atoms with Gasteiger partial charge in [-0.1, -0.05) is 39.2 Å². The molecule has 0 bridgehead atoms. The van der Waals surface area contributed by atoms with Gasteiger partial charge >= 0.3 is 0 Å². The Morgan fingerprint density at radius 3 is 2.25 bits per heavy atom. The van der Waals surface area contributed by atoms with Gasteiger partial charge in [-0.15, -0.1) is 0 Å². The standard InChI is InChI=1S/C13H24FNS/c1-6-13(5,7-2)9-11(4)12(16-14)10-15-8-3/h10H,6-9H2,1-5H3/b12-11-,15-10-. The Hall–Kier alpha value is -0.310. The largest absolute Gasteiger partial charge is 0.292 e. The van der Waals surface area contributed by atoms with E-state index in [1.54, 1.807) is 6.21 Å². The van der Waals surface area contributed by atoms with Crippen molar-refractivity contribution in [2.45, 2.75) is 53.9 Å². The van der Waals surface area contributed by atoms with Crippen molar-refractivity contribution in [3.05, 3.63) is 10.5 Å². The van der Waals surface area contributed by atoms with Gasteiger partial charge in [0, 0.05) is 12.8 Å². The smallest absolute Gasteiger partial charge is 0.0827 e. The van der Waals surface area contributed by atoms with Crippen LogP contribution in [0.2, 0.25) is 0 Å². The van der Waals surface area contributed by atoms with Gasteiger partial charge < -0.3 is 0 Å². The average Bonchev–Trinajstić information content (AvgIpc) is 2.29. The molecule has 0 heterocycles. The van der Waals surface area contributed by atoms with E-state index in [1.807, 2.05) is 13.8 Å². The first kappa shape index (κ1) is 15.7. The summed E-state index contributed by atoms with van der Waals surface area (Å²) in [5.74, 6) is 0. The third-order valence-corrected chi connectivity index (χ3v) is 3.91. The highest BCUT2D eigenvalue weighted by Crippen LogP contribution is 2.35. The van der Waals surface area contributed by atoms with Crippen molar-refractivity contribution in [1.29, 1.82) is 0 Å². The van der Waals surface area contributed by atoms with E-state index in [2.05, 4.69) is 25.8 Å². The number of aliphatic imine (C=N–C) groups is 1. The number of halogens is 1. The predicted molar refractivity (Wildman–Crippen MR) is 73.7 cm³/mol. The van der Waals surface area contributed by atoms with Crippen molar-refractivity contribution in [1.82, 2.24) is 0 Å². The number of rotatable bonds is 7. The molecule has 1 nitrogen and oxygen atoms in total. The maximum Gasteiger partial charge on any atom is 0.0827 e. The monoisotopic (exact) mass is 245 g/mol. The fraction of sp³-hybridized carbons (Fsp3) is 0.769. The normalized spacial score (nSPS) is 14.4. The van der Waals surface area contributed by atoms with Gasteiger partial charge in [0.25, 0.3) is 0 Å². The summed E-state index contributed by atoms with van der Waals surface area (Å²) in [7, 11) is 0. The fourth-order valence-corrected chi connectivity index (χ4v) is 1.92. The van der Waals surface area contributed by atoms with Gasteiger partial charge in [-0.2, -0.15) is 3.89 Å². The lowest BCUT2D eigenvalue weighted by Crippen LogP contribution is -2.14. The molecule has 0 radical (unpaired) electrons. The van der Waals surface area contributed by atoms with Crippen molar-refractivity contribution >= 4 is 18.4 Å². The van der Waals surface area contributed by atoms with E-state index >= 15 is 0 Å². The minimum absolute atomic E-state index is 0.283. The minimum Gasteiger partial charge on any atom is -0.292 e. The molecule has 0 spiro atoms. The number of hydrogen-bond acceptors (Lipinski definition) is 2. The molecule has 3 heteroatoms. The molecule has 0 aromatic carbocycles. The molecule has 0 saturated heterocycles. The molecule has 0 atom stereocenters. The summed E-state index contributed by atoms with van der Waals surface area (Å²) in [6, 6.07) is 0. The van der Waals surface area contributed by atoms with Crippen LogP contribution in [0.4, 0.5) is 3.89 Å². The van der Waals surface area contributed by atoms with Gasteiger partial charge in [0.1, 0.15) is 0 Å². The summed E-state index contributed by atoms with van der Waals surface area (Å²) in [6.45, 7) is 11.3. The van der Waals surface area contributed by atoms with Gasteiger partial charge in [-0.3, -0.25) is 4.99 Å². The summed E-state index contributed by atoms with van der Waals surface area (Å²) in [4.78, 5) is 4.78. The molecule has 0 aromatic heterocycles. The van der Waals surface area contributed by atoms with Crippen LogP contribution in [0.1, 0.15) is 53.9 Å². The molecule has 0 saturated carbocycles. The van der Waals surface area contributed by atoms with Crippen LogP contribution in [0.5, 0.6) is 0 Å². The van der Waals surface area contributed by atoms with E-state index in [0.29, 0.717) is 23.6 Å². The molecule has 0 aliphatic heterocycles. The Morgan fingerprint density at radius 1 is 1.31 bits per heavy atom. The zero-order chi connectivity index (χ0) is 12.6. The SMILES string of the molecule is CC/N=C\C(SF)=C(/C)CC(C)(CC)CC. The van der Waals surface area contributed by atoms with Crippen LogP contribution in [0.3, 0.4) is 0 Å². The highest BCUT2D eigenvalue weighted by molar-refractivity contribution is 7.99. The van der Waals surface area contributed by atoms with Crippen LogP contribution in [-0.4, -0.2) is 12.8 Å². The molecule has 0 amide bonds. The molecule has 0 aliphatic carbocycles. The van der Waals surface area contributed by atoms with Gasteiger partial charge in [0.2, 0.25) is 0 Å². The first-order valence-corrected chi connectivity index (χ1v) is 6.72. The number of allylic oxidation sites excluding steroid dienone is 2. The third-order valence-electron chi connectivity index (χ3n) is 3.29. The number of hydrogen-bond donors (Lipinski definition) is 0. The van der Waals surface area contributed by atoms with Gasteiger partial charge in [-0.25, -0.2) is 0 Å². The maximum absolute atomic E-state index is 12.8. The second kappa shape index (κ2) is 7.88. The molecular formula is C13H24FNS. The molecule has 16 heavy (non-hydrogen) atoms. The Morgan fingerprint density at radius 2 is 1.88 bits per heavy atom. The molecule has 0 N–H and O–H groups in total. The zero-order valence-corrected chi connectivity index (χ0v) is 12.0. The molecule has 0 aromatic rings. The lowest BCUT2D eigenvalue weighted by molar-refractivity contribution is 0.295. The van der Waals surface area contributed by atoms with Gasteiger partial charge in [-0.05, 0) is 25.7 Å². The molecule has 0 aliphatic rings. The Bertz CT molecular complexity index is 255. The Kier molecular flexibility index (Phi) is 7.73. The number of nitrogens with zero attached hydrogens (tertiary/aromatic N) is 1. The second-order valence-corrected chi connectivity index (χ2v) is 5.14. The van der Waals surface area contributed by atoms with Crippen LogP contribution < -0.4 is 0 Å². The van der Waals surface area contributed by atoms with Crippen molar-refractivity contribution < 1.29 is 3.89 Å². The summed E-state index contributed by atoms with van der Waals surface area (Å²) in [6.07, 6.45) is 4.85. The van der Waals surface area contributed by atoms with E-state index in [0.717, 1.165) is 24.8 Å². The zero-order valence-electron chi connectivity index (χ0n) is 11.1. The van der Waals surface area contributed by atoms with Crippen LogP contribution in [0.25, 0.3) is 0 Å². The van der Waals surface area contributed by atoms with Gasteiger partial charge in [0.05, 0.1) is 17.1 Å². The highest BCUT2D eigenvalue weighted by Gasteiger charge is 2.21. The van der Waals surface area contributed by atoms with Crippen LogP contribution in [0.15, 0.2) is 15.5 Å².